The predicted octanol–water partition coefficient (Wildman–Crippen LogP) is -2.44. The van der Waals surface area contributed by atoms with E-state index in [4.69, 9.17) is 31.9 Å². The summed E-state index contributed by atoms with van der Waals surface area (Å²) in [6.07, 6.45) is -0.532. The van der Waals surface area contributed by atoms with Crippen LogP contribution >= 0.6 is 0 Å². The van der Waals surface area contributed by atoms with Crippen LogP contribution in [-0.2, 0) is 9.59 Å². The molecule has 0 aromatic carbocycles. The molecule has 0 amide bonds. The molecule has 0 saturated heterocycles. The molecule has 0 aromatic rings. The Labute approximate surface area is 92.5 Å². The van der Waals surface area contributed by atoms with Crippen molar-refractivity contribution in [1.82, 2.24) is 0 Å². The average Bonchev–Trinajstić information content (AvgIpc) is 2.17. The third-order valence-electron chi connectivity index (χ3n) is 1.43. The van der Waals surface area contributed by atoms with Crippen LogP contribution in [0.4, 0.5) is 0 Å². The first-order valence-corrected chi connectivity index (χ1v) is 4.37. The summed E-state index contributed by atoms with van der Waals surface area (Å²) in [6.45, 7) is 1.22. The molecule has 96 valence electrons. The molecule has 0 aromatic heterocycles. The van der Waals surface area contributed by atoms with Crippen LogP contribution in [-0.4, -0.2) is 57.2 Å². The number of hydrogen-bond donors (Lipinski definition) is 6. The second-order valence-electron chi connectivity index (χ2n) is 3.51. The number of nitrogens with two attached hydrogens (primary N) is 2. The SMILES string of the molecule is CC(N)(CO)CO.NC(CC(=O)O)C(=O)O. The number of carboxylic acids is 2. The summed E-state index contributed by atoms with van der Waals surface area (Å²) in [4.78, 5) is 19.6. The number of hydrogen-bond acceptors (Lipinski definition) is 6. The molecular formula is C8H18N2O6. The Morgan fingerprint density at radius 1 is 1.25 bits per heavy atom. The fraction of sp³-hybridized carbons (Fsp3) is 0.750. The summed E-state index contributed by atoms with van der Waals surface area (Å²) in [7, 11) is 0. The van der Waals surface area contributed by atoms with Crippen LogP contribution in [0.25, 0.3) is 0 Å². The van der Waals surface area contributed by atoms with Gasteiger partial charge in [-0.05, 0) is 6.92 Å². The number of aliphatic carboxylic acids is 2. The van der Waals surface area contributed by atoms with E-state index in [1.54, 1.807) is 6.92 Å². The lowest BCUT2D eigenvalue weighted by molar-refractivity contribution is -0.144. The zero-order valence-electron chi connectivity index (χ0n) is 8.96. The molecule has 0 spiro atoms. The summed E-state index contributed by atoms with van der Waals surface area (Å²) in [5, 5.41) is 32.7. The molecule has 0 radical (unpaired) electrons. The molecule has 0 aliphatic rings. The summed E-state index contributed by atoms with van der Waals surface area (Å²) in [5.74, 6) is -2.50. The molecule has 0 fully saturated rings. The molecule has 0 bridgehead atoms. The van der Waals surface area contributed by atoms with E-state index in [1.807, 2.05) is 0 Å². The maximum absolute atomic E-state index is 9.85. The van der Waals surface area contributed by atoms with Crippen molar-refractivity contribution in [3.63, 3.8) is 0 Å². The second-order valence-corrected chi connectivity index (χ2v) is 3.51. The van der Waals surface area contributed by atoms with Gasteiger partial charge in [-0.2, -0.15) is 0 Å². The molecule has 1 unspecified atom stereocenters. The maximum Gasteiger partial charge on any atom is 0.321 e. The minimum Gasteiger partial charge on any atom is -0.481 e. The molecule has 0 aliphatic carbocycles. The predicted molar refractivity (Wildman–Crippen MR) is 54.6 cm³/mol. The van der Waals surface area contributed by atoms with Gasteiger partial charge in [0.25, 0.3) is 0 Å². The Bertz CT molecular complexity index is 225. The second kappa shape index (κ2) is 7.99. The number of carbonyl (C=O) groups is 2. The first-order chi connectivity index (χ1) is 7.16. The highest BCUT2D eigenvalue weighted by molar-refractivity contribution is 5.80. The van der Waals surface area contributed by atoms with Crippen molar-refractivity contribution in [3.8, 4) is 0 Å². The zero-order valence-corrected chi connectivity index (χ0v) is 8.96. The largest absolute Gasteiger partial charge is 0.481 e. The fourth-order valence-corrected chi connectivity index (χ4v) is 0.325. The van der Waals surface area contributed by atoms with Crippen LogP contribution in [0, 0.1) is 0 Å². The molecule has 0 rings (SSSR count). The molecule has 8 nitrogen and oxygen atoms in total. The number of aliphatic hydroxyl groups excluding tert-OH is 2. The van der Waals surface area contributed by atoms with Gasteiger partial charge in [0.05, 0.1) is 25.2 Å². The van der Waals surface area contributed by atoms with Gasteiger partial charge in [0.2, 0.25) is 0 Å². The Kier molecular flexibility index (Phi) is 8.58. The van der Waals surface area contributed by atoms with Crippen molar-refractivity contribution >= 4 is 11.9 Å². The van der Waals surface area contributed by atoms with Crippen molar-refractivity contribution in [2.75, 3.05) is 13.2 Å². The van der Waals surface area contributed by atoms with Crippen LogP contribution in [0.5, 0.6) is 0 Å². The van der Waals surface area contributed by atoms with E-state index in [-0.39, 0.29) is 13.2 Å². The van der Waals surface area contributed by atoms with E-state index in [0.717, 1.165) is 0 Å². The molecule has 0 aliphatic heterocycles. The van der Waals surface area contributed by atoms with Gasteiger partial charge in [0.15, 0.2) is 0 Å². The number of carboxylic acid groups (broad SMARTS) is 2. The highest BCUT2D eigenvalue weighted by atomic mass is 16.4. The molecule has 8 N–H and O–H groups in total. The summed E-state index contributed by atoms with van der Waals surface area (Å²) in [5.41, 5.74) is 9.25. The van der Waals surface area contributed by atoms with E-state index in [1.165, 1.54) is 0 Å². The third-order valence-corrected chi connectivity index (χ3v) is 1.43. The van der Waals surface area contributed by atoms with E-state index in [2.05, 4.69) is 0 Å². The molecule has 16 heavy (non-hydrogen) atoms. The Balaban J connectivity index is 0. The average molecular weight is 238 g/mol. The van der Waals surface area contributed by atoms with Gasteiger partial charge in [0.1, 0.15) is 6.04 Å². The van der Waals surface area contributed by atoms with Crippen LogP contribution in [0.3, 0.4) is 0 Å². The van der Waals surface area contributed by atoms with Gasteiger partial charge < -0.3 is 31.9 Å². The summed E-state index contributed by atoms with van der Waals surface area (Å²) in [6, 6.07) is -1.29. The van der Waals surface area contributed by atoms with Gasteiger partial charge in [0, 0.05) is 0 Å². The van der Waals surface area contributed by atoms with Crippen LogP contribution in [0.1, 0.15) is 13.3 Å². The van der Waals surface area contributed by atoms with Gasteiger partial charge >= 0.3 is 11.9 Å². The lowest BCUT2D eigenvalue weighted by Crippen LogP contribution is -2.43. The molecular weight excluding hydrogens is 220 g/mol. The van der Waals surface area contributed by atoms with Crippen molar-refractivity contribution in [3.05, 3.63) is 0 Å². The van der Waals surface area contributed by atoms with Crippen molar-refractivity contribution in [2.24, 2.45) is 11.5 Å². The van der Waals surface area contributed by atoms with E-state index in [0.29, 0.717) is 0 Å². The summed E-state index contributed by atoms with van der Waals surface area (Å²) < 4.78 is 0. The highest BCUT2D eigenvalue weighted by Crippen LogP contribution is 1.91. The third kappa shape index (κ3) is 10.9. The van der Waals surface area contributed by atoms with E-state index in [9.17, 15) is 9.59 Å². The van der Waals surface area contributed by atoms with Crippen LogP contribution in [0.15, 0.2) is 0 Å². The Hall–Kier alpha value is -1.22. The van der Waals surface area contributed by atoms with Gasteiger partial charge in [-0.15, -0.1) is 0 Å². The summed E-state index contributed by atoms with van der Waals surface area (Å²) >= 11 is 0. The maximum atomic E-state index is 9.85. The molecule has 8 heteroatoms. The fourth-order valence-electron chi connectivity index (χ4n) is 0.325. The van der Waals surface area contributed by atoms with Crippen molar-refractivity contribution in [1.29, 1.82) is 0 Å². The number of aliphatic hydroxyl groups is 2. The van der Waals surface area contributed by atoms with Gasteiger partial charge in [-0.3, -0.25) is 9.59 Å². The van der Waals surface area contributed by atoms with E-state index >= 15 is 0 Å². The Morgan fingerprint density at radius 2 is 1.62 bits per heavy atom. The normalized spacial score (nSPS) is 12.3. The smallest absolute Gasteiger partial charge is 0.321 e. The lowest BCUT2D eigenvalue weighted by Gasteiger charge is -2.16. The monoisotopic (exact) mass is 238 g/mol. The van der Waals surface area contributed by atoms with Crippen LogP contribution < -0.4 is 11.5 Å². The topological polar surface area (TPSA) is 167 Å². The minimum atomic E-state index is -1.29. The first-order valence-electron chi connectivity index (χ1n) is 4.37. The molecule has 1 atom stereocenters. The van der Waals surface area contributed by atoms with E-state index < -0.39 is 29.9 Å². The highest BCUT2D eigenvalue weighted by Gasteiger charge is 2.14. The lowest BCUT2D eigenvalue weighted by atomic mass is 10.1. The van der Waals surface area contributed by atoms with Crippen molar-refractivity contribution < 1.29 is 30.0 Å². The standard InChI is InChI=1S/C4H7NO4.C4H11NO2/c5-2(4(8)9)1-3(6)7;1-4(5,2-6)3-7/h2H,1,5H2,(H,6,7)(H,8,9);6-7H,2-3,5H2,1H3. The minimum absolute atomic E-state index is 0.177. The first kappa shape index (κ1) is 17.2. The zero-order chi connectivity index (χ0) is 13.4. The molecule has 0 saturated carbocycles. The quantitative estimate of drug-likeness (QED) is 0.307. The number of rotatable bonds is 5. The van der Waals surface area contributed by atoms with Crippen molar-refractivity contribution in [2.45, 2.75) is 24.9 Å². The Morgan fingerprint density at radius 3 is 1.69 bits per heavy atom. The molecule has 0 heterocycles. The van der Waals surface area contributed by atoms with Gasteiger partial charge in [-0.1, -0.05) is 0 Å². The van der Waals surface area contributed by atoms with Gasteiger partial charge in [-0.25, -0.2) is 0 Å². The van der Waals surface area contributed by atoms with Crippen LogP contribution in [0.2, 0.25) is 0 Å².